The molecule has 5 heteroatoms. The molecule has 0 aliphatic rings. The van der Waals surface area contributed by atoms with E-state index in [2.05, 4.69) is 6.07 Å². The van der Waals surface area contributed by atoms with Gasteiger partial charge in [0.05, 0.1) is 11.6 Å². The SMILES string of the molecule is N#Cc1cccc2c1ccn2CC(N)C(N)=O. The standard InChI is InChI=1S/C12H12N4O/c13-6-8-2-1-3-11-9(8)4-5-16(11)7-10(14)12(15)17/h1-5,10H,7,14H2,(H2,15,17). The maximum absolute atomic E-state index is 10.9. The average Bonchev–Trinajstić information content (AvgIpc) is 2.72. The number of nitrogens with zero attached hydrogens (tertiary/aromatic N) is 2. The zero-order chi connectivity index (χ0) is 12.4. The molecule has 1 heterocycles. The zero-order valence-corrected chi connectivity index (χ0v) is 9.13. The van der Waals surface area contributed by atoms with Crippen molar-refractivity contribution < 1.29 is 4.79 Å². The number of nitrogens with two attached hydrogens (primary N) is 2. The second kappa shape index (κ2) is 4.28. The molecule has 0 radical (unpaired) electrons. The van der Waals surface area contributed by atoms with E-state index in [0.29, 0.717) is 12.1 Å². The van der Waals surface area contributed by atoms with Gasteiger partial charge in [-0.25, -0.2) is 0 Å². The highest BCUT2D eigenvalue weighted by Crippen LogP contribution is 2.19. The van der Waals surface area contributed by atoms with Crippen LogP contribution in [0.2, 0.25) is 0 Å². The summed E-state index contributed by atoms with van der Waals surface area (Å²) in [4.78, 5) is 10.9. The zero-order valence-electron chi connectivity index (χ0n) is 9.13. The van der Waals surface area contributed by atoms with E-state index in [1.807, 2.05) is 16.7 Å². The smallest absolute Gasteiger partial charge is 0.236 e. The average molecular weight is 228 g/mol. The van der Waals surface area contributed by atoms with E-state index in [1.54, 1.807) is 18.3 Å². The quantitative estimate of drug-likeness (QED) is 0.791. The molecule has 1 aromatic heterocycles. The van der Waals surface area contributed by atoms with Crippen LogP contribution in [0.1, 0.15) is 5.56 Å². The molecule has 17 heavy (non-hydrogen) atoms. The molecule has 0 bridgehead atoms. The molecule has 0 saturated carbocycles. The highest BCUT2D eigenvalue weighted by molar-refractivity contribution is 5.86. The third-order valence-corrected chi connectivity index (χ3v) is 2.69. The van der Waals surface area contributed by atoms with Crippen molar-refractivity contribution in [2.24, 2.45) is 11.5 Å². The molecule has 1 amide bonds. The number of carbonyl (C=O) groups is 1. The van der Waals surface area contributed by atoms with E-state index in [4.69, 9.17) is 16.7 Å². The Hall–Kier alpha value is -2.32. The molecule has 86 valence electrons. The fraction of sp³-hybridized carbons (Fsp3) is 0.167. The Kier molecular flexibility index (Phi) is 2.81. The van der Waals surface area contributed by atoms with E-state index in [0.717, 1.165) is 10.9 Å². The summed E-state index contributed by atoms with van der Waals surface area (Å²) >= 11 is 0. The highest BCUT2D eigenvalue weighted by atomic mass is 16.1. The van der Waals surface area contributed by atoms with Crippen LogP contribution in [0.25, 0.3) is 10.9 Å². The van der Waals surface area contributed by atoms with E-state index in [1.165, 1.54) is 0 Å². The highest BCUT2D eigenvalue weighted by Gasteiger charge is 2.12. The molecule has 1 atom stereocenters. The van der Waals surface area contributed by atoms with Gasteiger partial charge in [0, 0.05) is 23.6 Å². The maximum atomic E-state index is 10.9. The second-order valence-corrected chi connectivity index (χ2v) is 3.83. The summed E-state index contributed by atoms with van der Waals surface area (Å²) < 4.78 is 1.82. The summed E-state index contributed by atoms with van der Waals surface area (Å²) in [7, 11) is 0. The first-order valence-corrected chi connectivity index (χ1v) is 5.16. The van der Waals surface area contributed by atoms with Crippen LogP contribution in [0.3, 0.4) is 0 Å². The minimum absolute atomic E-state index is 0.313. The number of fused-ring (bicyclic) bond motifs is 1. The Labute approximate surface area is 98.2 Å². The molecule has 0 saturated heterocycles. The third-order valence-electron chi connectivity index (χ3n) is 2.69. The van der Waals surface area contributed by atoms with Crippen molar-refractivity contribution in [3.05, 3.63) is 36.0 Å². The Bertz CT molecular complexity index is 608. The minimum Gasteiger partial charge on any atom is -0.368 e. The van der Waals surface area contributed by atoms with Gasteiger partial charge in [0.1, 0.15) is 6.04 Å². The van der Waals surface area contributed by atoms with Crippen LogP contribution < -0.4 is 11.5 Å². The summed E-state index contributed by atoms with van der Waals surface area (Å²) in [6.07, 6.45) is 1.80. The molecule has 0 spiro atoms. The van der Waals surface area contributed by atoms with Crippen molar-refractivity contribution in [1.29, 1.82) is 5.26 Å². The van der Waals surface area contributed by atoms with Gasteiger partial charge < -0.3 is 16.0 Å². The lowest BCUT2D eigenvalue weighted by Gasteiger charge is -2.10. The number of amides is 1. The first-order valence-electron chi connectivity index (χ1n) is 5.16. The molecule has 5 nitrogen and oxygen atoms in total. The van der Waals surface area contributed by atoms with Gasteiger partial charge in [0.2, 0.25) is 5.91 Å². The van der Waals surface area contributed by atoms with Gasteiger partial charge in [0.25, 0.3) is 0 Å². The number of hydrogen-bond acceptors (Lipinski definition) is 3. The van der Waals surface area contributed by atoms with Gasteiger partial charge in [-0.15, -0.1) is 0 Å². The van der Waals surface area contributed by atoms with Gasteiger partial charge in [-0.3, -0.25) is 4.79 Å². The molecular formula is C12H12N4O. The second-order valence-electron chi connectivity index (χ2n) is 3.83. The lowest BCUT2D eigenvalue weighted by molar-refractivity contribution is -0.119. The van der Waals surface area contributed by atoms with Crippen LogP contribution in [0.4, 0.5) is 0 Å². The number of carbonyl (C=O) groups excluding carboxylic acids is 1. The molecule has 0 aliphatic heterocycles. The molecule has 1 aromatic carbocycles. The van der Waals surface area contributed by atoms with Gasteiger partial charge in [-0.1, -0.05) is 6.07 Å². The van der Waals surface area contributed by atoms with E-state index in [9.17, 15) is 4.79 Å². The summed E-state index contributed by atoms with van der Waals surface area (Å²) in [5, 5.41) is 9.81. The molecular weight excluding hydrogens is 216 g/mol. The van der Waals surface area contributed by atoms with Gasteiger partial charge in [-0.2, -0.15) is 5.26 Å². The lowest BCUT2D eigenvalue weighted by atomic mass is 10.1. The van der Waals surface area contributed by atoms with Gasteiger partial charge >= 0.3 is 0 Å². The first kappa shape index (κ1) is 11.2. The van der Waals surface area contributed by atoms with Crippen LogP contribution in [-0.2, 0) is 11.3 Å². The topological polar surface area (TPSA) is 97.8 Å². The minimum atomic E-state index is -0.726. The number of hydrogen-bond donors (Lipinski definition) is 2. The molecule has 2 aromatic rings. The fourth-order valence-electron chi connectivity index (χ4n) is 1.78. The van der Waals surface area contributed by atoms with Crippen molar-refractivity contribution in [3.63, 3.8) is 0 Å². The van der Waals surface area contributed by atoms with E-state index in [-0.39, 0.29) is 0 Å². The van der Waals surface area contributed by atoms with Crippen molar-refractivity contribution in [2.45, 2.75) is 12.6 Å². The predicted molar refractivity (Wildman–Crippen MR) is 63.8 cm³/mol. The van der Waals surface area contributed by atoms with Crippen LogP contribution in [0.5, 0.6) is 0 Å². The molecule has 0 aliphatic carbocycles. The number of aromatic nitrogens is 1. The predicted octanol–water partition coefficient (Wildman–Crippen LogP) is 0.326. The van der Waals surface area contributed by atoms with Crippen LogP contribution in [0, 0.1) is 11.3 Å². The number of benzene rings is 1. The van der Waals surface area contributed by atoms with Crippen molar-refractivity contribution in [2.75, 3.05) is 0 Å². The monoisotopic (exact) mass is 228 g/mol. The van der Waals surface area contributed by atoms with Crippen molar-refractivity contribution in [1.82, 2.24) is 4.57 Å². The van der Waals surface area contributed by atoms with Crippen LogP contribution in [0.15, 0.2) is 30.5 Å². The van der Waals surface area contributed by atoms with Gasteiger partial charge in [-0.05, 0) is 18.2 Å². The van der Waals surface area contributed by atoms with E-state index < -0.39 is 11.9 Å². The fourth-order valence-corrected chi connectivity index (χ4v) is 1.78. The first-order chi connectivity index (χ1) is 8.13. The number of primary amides is 1. The van der Waals surface area contributed by atoms with Crippen LogP contribution in [-0.4, -0.2) is 16.5 Å². The molecule has 2 rings (SSSR count). The Balaban J connectivity index is 2.44. The van der Waals surface area contributed by atoms with Crippen molar-refractivity contribution >= 4 is 16.8 Å². The normalized spacial score (nSPS) is 12.2. The molecule has 1 unspecified atom stereocenters. The van der Waals surface area contributed by atoms with Crippen molar-refractivity contribution in [3.8, 4) is 6.07 Å². The number of rotatable bonds is 3. The largest absolute Gasteiger partial charge is 0.368 e. The third kappa shape index (κ3) is 1.98. The number of nitriles is 1. The summed E-state index contributed by atoms with van der Waals surface area (Å²) in [5.74, 6) is -0.539. The Morgan fingerprint density at radius 2 is 2.24 bits per heavy atom. The molecule has 4 N–H and O–H groups in total. The van der Waals surface area contributed by atoms with Gasteiger partial charge in [0.15, 0.2) is 0 Å². The Morgan fingerprint density at radius 1 is 1.47 bits per heavy atom. The summed E-state index contributed by atoms with van der Waals surface area (Å²) in [6.45, 7) is 0.313. The maximum Gasteiger partial charge on any atom is 0.236 e. The van der Waals surface area contributed by atoms with Crippen LogP contribution >= 0.6 is 0 Å². The van der Waals surface area contributed by atoms with E-state index >= 15 is 0 Å². The summed E-state index contributed by atoms with van der Waals surface area (Å²) in [5.41, 5.74) is 12.2. The lowest BCUT2D eigenvalue weighted by Crippen LogP contribution is -2.39. The Morgan fingerprint density at radius 3 is 2.88 bits per heavy atom. The molecule has 0 fully saturated rings. The summed E-state index contributed by atoms with van der Waals surface area (Å²) in [6, 6.07) is 8.66.